The summed E-state index contributed by atoms with van der Waals surface area (Å²) in [6.07, 6.45) is 7.47. The van der Waals surface area contributed by atoms with Gasteiger partial charge >= 0.3 is 0 Å². The molecule has 0 atom stereocenters. The van der Waals surface area contributed by atoms with Gasteiger partial charge in [0.1, 0.15) is 5.82 Å². The maximum atomic E-state index is 13.8. The summed E-state index contributed by atoms with van der Waals surface area (Å²) in [6.45, 7) is 3.46. The fourth-order valence-electron chi connectivity index (χ4n) is 3.78. The van der Waals surface area contributed by atoms with Crippen LogP contribution in [0.5, 0.6) is 0 Å². The molecule has 0 radical (unpaired) electrons. The molecule has 1 aliphatic carbocycles. The van der Waals surface area contributed by atoms with E-state index in [0.29, 0.717) is 5.41 Å². The minimum Gasteiger partial charge on any atom is -0.339 e. The predicted molar refractivity (Wildman–Crippen MR) is 77.2 cm³/mol. The minimum absolute atomic E-state index is 0.140. The molecule has 3 rings (SSSR count). The molecule has 1 saturated heterocycles. The number of carbonyl (C=O) groups is 1. The lowest BCUT2D eigenvalue weighted by Crippen LogP contribution is -2.42. The van der Waals surface area contributed by atoms with Crippen molar-refractivity contribution in [1.29, 1.82) is 0 Å². The van der Waals surface area contributed by atoms with Gasteiger partial charge in [0.2, 0.25) is 0 Å². The quantitative estimate of drug-likeness (QED) is 0.760. The van der Waals surface area contributed by atoms with Gasteiger partial charge in [-0.15, -0.1) is 0 Å². The van der Waals surface area contributed by atoms with Crippen LogP contribution in [0.2, 0.25) is 0 Å². The number of amides is 1. The topological polar surface area (TPSA) is 20.3 Å². The molecule has 1 spiro atoms. The van der Waals surface area contributed by atoms with E-state index < -0.39 is 5.82 Å². The Kier molecular flexibility index (Phi) is 3.53. The molecule has 1 aliphatic heterocycles. The van der Waals surface area contributed by atoms with Crippen molar-refractivity contribution in [2.24, 2.45) is 5.41 Å². The second-order valence-electron chi connectivity index (χ2n) is 6.48. The fourth-order valence-corrected chi connectivity index (χ4v) is 3.78. The molecule has 0 aromatic heterocycles. The highest BCUT2D eigenvalue weighted by atomic mass is 19.1. The predicted octanol–water partition coefficient (Wildman–Crippen LogP) is 3.93. The van der Waals surface area contributed by atoms with E-state index in [9.17, 15) is 9.18 Å². The van der Waals surface area contributed by atoms with Crippen molar-refractivity contribution in [2.75, 3.05) is 13.1 Å². The molecule has 3 heteroatoms. The molecule has 0 bridgehead atoms. The van der Waals surface area contributed by atoms with Crippen LogP contribution in [0.1, 0.15) is 54.4 Å². The van der Waals surface area contributed by atoms with Crippen LogP contribution in [0.3, 0.4) is 0 Å². The van der Waals surface area contributed by atoms with E-state index in [0.717, 1.165) is 31.5 Å². The molecule has 1 heterocycles. The number of halogens is 1. The molecule has 2 fully saturated rings. The number of likely N-dealkylation sites (tertiary alicyclic amines) is 1. The lowest BCUT2D eigenvalue weighted by molar-refractivity contribution is 0.0583. The molecular formula is C17H22FNO. The highest BCUT2D eigenvalue weighted by Gasteiger charge is 2.38. The van der Waals surface area contributed by atoms with Gasteiger partial charge < -0.3 is 4.90 Å². The Balaban J connectivity index is 1.71. The van der Waals surface area contributed by atoms with E-state index in [-0.39, 0.29) is 11.5 Å². The fraction of sp³-hybridized carbons (Fsp3) is 0.588. The van der Waals surface area contributed by atoms with Gasteiger partial charge in [0.05, 0.1) is 5.56 Å². The summed E-state index contributed by atoms with van der Waals surface area (Å²) in [4.78, 5) is 14.3. The third-order valence-corrected chi connectivity index (χ3v) is 5.13. The third-order valence-electron chi connectivity index (χ3n) is 5.13. The van der Waals surface area contributed by atoms with Crippen LogP contribution in [0.4, 0.5) is 4.39 Å². The number of carbonyl (C=O) groups excluding carboxylic acids is 1. The molecule has 1 amide bonds. The molecule has 1 aromatic carbocycles. The summed E-state index contributed by atoms with van der Waals surface area (Å²) in [6, 6.07) is 4.76. The average molecular weight is 275 g/mol. The van der Waals surface area contributed by atoms with Gasteiger partial charge in [-0.1, -0.05) is 24.5 Å². The number of nitrogens with zero attached hydrogens (tertiary/aromatic N) is 1. The maximum Gasteiger partial charge on any atom is 0.256 e. The molecule has 2 aliphatic rings. The van der Waals surface area contributed by atoms with Gasteiger partial charge in [-0.05, 0) is 50.2 Å². The monoisotopic (exact) mass is 275 g/mol. The highest BCUT2D eigenvalue weighted by molar-refractivity contribution is 5.94. The normalized spacial score (nSPS) is 21.4. The van der Waals surface area contributed by atoms with E-state index in [1.54, 1.807) is 12.1 Å². The van der Waals surface area contributed by atoms with Crippen LogP contribution < -0.4 is 0 Å². The second kappa shape index (κ2) is 5.19. The molecule has 20 heavy (non-hydrogen) atoms. The number of piperidine rings is 1. The van der Waals surface area contributed by atoms with Gasteiger partial charge in [0.15, 0.2) is 0 Å². The van der Waals surface area contributed by atoms with Crippen LogP contribution in [-0.2, 0) is 0 Å². The third kappa shape index (κ3) is 2.46. The van der Waals surface area contributed by atoms with Crippen molar-refractivity contribution in [1.82, 2.24) is 4.90 Å². The summed E-state index contributed by atoms with van der Waals surface area (Å²) in [5, 5.41) is 0. The number of benzene rings is 1. The Morgan fingerprint density at radius 1 is 1.15 bits per heavy atom. The molecule has 108 valence electrons. The standard InChI is InChI=1S/C17H22FNO/c1-13-4-5-15(18)14(12-13)16(20)19-10-8-17(9-11-19)6-2-3-7-17/h4-5,12H,2-3,6-11H2,1H3. The highest BCUT2D eigenvalue weighted by Crippen LogP contribution is 2.46. The van der Waals surface area contributed by atoms with Crippen molar-refractivity contribution in [3.8, 4) is 0 Å². The number of rotatable bonds is 1. The first-order valence-electron chi connectivity index (χ1n) is 7.65. The van der Waals surface area contributed by atoms with Crippen molar-refractivity contribution in [2.45, 2.75) is 45.4 Å². The van der Waals surface area contributed by atoms with Gasteiger partial charge in [0.25, 0.3) is 5.91 Å². The number of hydrogen-bond donors (Lipinski definition) is 0. The summed E-state index contributed by atoms with van der Waals surface area (Å²) in [5.74, 6) is -0.541. The zero-order valence-corrected chi connectivity index (χ0v) is 12.1. The van der Waals surface area contributed by atoms with Gasteiger partial charge in [-0.25, -0.2) is 4.39 Å². The first kappa shape index (κ1) is 13.6. The zero-order chi connectivity index (χ0) is 14.2. The van der Waals surface area contributed by atoms with E-state index in [1.165, 1.54) is 31.7 Å². The minimum atomic E-state index is -0.401. The largest absolute Gasteiger partial charge is 0.339 e. The number of hydrogen-bond acceptors (Lipinski definition) is 1. The Labute approximate surface area is 120 Å². The number of aryl methyl sites for hydroxylation is 1. The smallest absolute Gasteiger partial charge is 0.256 e. The Morgan fingerprint density at radius 3 is 2.45 bits per heavy atom. The van der Waals surface area contributed by atoms with Crippen LogP contribution in [0.15, 0.2) is 18.2 Å². The average Bonchev–Trinajstić information content (AvgIpc) is 2.90. The first-order valence-corrected chi connectivity index (χ1v) is 7.65. The van der Waals surface area contributed by atoms with Crippen LogP contribution in [0, 0.1) is 18.2 Å². The van der Waals surface area contributed by atoms with E-state index in [4.69, 9.17) is 0 Å². The Morgan fingerprint density at radius 2 is 1.80 bits per heavy atom. The van der Waals surface area contributed by atoms with Gasteiger partial charge in [-0.3, -0.25) is 4.79 Å². The van der Waals surface area contributed by atoms with Crippen molar-refractivity contribution < 1.29 is 9.18 Å². The molecule has 2 nitrogen and oxygen atoms in total. The Bertz CT molecular complexity index is 510. The van der Waals surface area contributed by atoms with Crippen LogP contribution >= 0.6 is 0 Å². The van der Waals surface area contributed by atoms with E-state index in [2.05, 4.69) is 0 Å². The summed E-state index contributed by atoms with van der Waals surface area (Å²) in [5.41, 5.74) is 1.65. The van der Waals surface area contributed by atoms with Crippen LogP contribution in [-0.4, -0.2) is 23.9 Å². The molecule has 1 aromatic rings. The van der Waals surface area contributed by atoms with E-state index in [1.807, 2.05) is 11.8 Å². The lowest BCUT2D eigenvalue weighted by atomic mass is 9.77. The summed E-state index contributed by atoms with van der Waals surface area (Å²) in [7, 11) is 0. The van der Waals surface area contributed by atoms with Gasteiger partial charge in [-0.2, -0.15) is 0 Å². The van der Waals surface area contributed by atoms with Crippen molar-refractivity contribution in [3.05, 3.63) is 35.1 Å². The van der Waals surface area contributed by atoms with Crippen LogP contribution in [0.25, 0.3) is 0 Å². The molecule has 1 saturated carbocycles. The summed E-state index contributed by atoms with van der Waals surface area (Å²) < 4.78 is 13.8. The van der Waals surface area contributed by atoms with Crippen molar-refractivity contribution in [3.63, 3.8) is 0 Å². The maximum absolute atomic E-state index is 13.8. The Hall–Kier alpha value is -1.38. The van der Waals surface area contributed by atoms with Crippen molar-refractivity contribution >= 4 is 5.91 Å². The molecule has 0 N–H and O–H groups in total. The molecule has 0 unspecified atom stereocenters. The second-order valence-corrected chi connectivity index (χ2v) is 6.48. The summed E-state index contributed by atoms with van der Waals surface area (Å²) >= 11 is 0. The SMILES string of the molecule is Cc1ccc(F)c(C(=O)N2CCC3(CCCC3)CC2)c1. The molecular weight excluding hydrogens is 253 g/mol. The van der Waals surface area contributed by atoms with E-state index >= 15 is 0 Å². The zero-order valence-electron chi connectivity index (χ0n) is 12.1. The lowest BCUT2D eigenvalue weighted by Gasteiger charge is -2.39. The van der Waals surface area contributed by atoms with Gasteiger partial charge in [0, 0.05) is 13.1 Å². The first-order chi connectivity index (χ1) is 9.60.